The van der Waals surface area contributed by atoms with Crippen LogP contribution in [0.2, 0.25) is 0 Å². The van der Waals surface area contributed by atoms with E-state index in [1.54, 1.807) is 18.2 Å². The van der Waals surface area contributed by atoms with Gasteiger partial charge in [-0.2, -0.15) is 0 Å². The molecule has 2 aliphatic rings. The Morgan fingerprint density at radius 3 is 2.50 bits per heavy atom. The third kappa shape index (κ3) is 3.44. The lowest BCUT2D eigenvalue weighted by atomic mass is 9.77. The average molecular weight is 481 g/mol. The maximum atomic E-state index is 13.0. The first-order valence-corrected chi connectivity index (χ1v) is 12.2. The molecule has 0 unspecified atom stereocenters. The molecule has 0 saturated carbocycles. The van der Waals surface area contributed by atoms with E-state index in [0.717, 1.165) is 22.1 Å². The van der Waals surface area contributed by atoms with E-state index in [0.29, 0.717) is 11.6 Å². The lowest BCUT2D eigenvalue weighted by molar-refractivity contribution is 0.424. The van der Waals surface area contributed by atoms with Gasteiger partial charge in [0.15, 0.2) is 0 Å². The standard InChI is InChI=1S/C24H21BrN2O2S/c25-22-12-5-4-9-20(22)24-19-11-6-10-18(19)21-15-17(13-14-23(21)26-24)30(28,29)27-16-7-2-1-3-8-16/h1-10,12-15,18-19,24,26-27H,11H2/t18-,19+,24-/m0/s1. The first-order valence-electron chi connectivity index (χ1n) is 9.92. The van der Waals surface area contributed by atoms with E-state index in [1.807, 2.05) is 36.4 Å². The quantitative estimate of drug-likeness (QED) is 0.445. The molecule has 0 bridgehead atoms. The van der Waals surface area contributed by atoms with Crippen molar-refractivity contribution in [1.29, 1.82) is 0 Å². The highest BCUT2D eigenvalue weighted by Crippen LogP contribution is 2.51. The molecular formula is C24H21BrN2O2S. The van der Waals surface area contributed by atoms with Gasteiger partial charge in [-0.1, -0.05) is 64.5 Å². The van der Waals surface area contributed by atoms with Crippen LogP contribution >= 0.6 is 15.9 Å². The number of benzene rings is 3. The minimum absolute atomic E-state index is 0.165. The fourth-order valence-electron chi connectivity index (χ4n) is 4.50. The van der Waals surface area contributed by atoms with Crippen molar-refractivity contribution in [2.24, 2.45) is 5.92 Å². The molecule has 1 heterocycles. The van der Waals surface area contributed by atoms with Gasteiger partial charge in [-0.25, -0.2) is 8.42 Å². The summed E-state index contributed by atoms with van der Waals surface area (Å²) in [6, 6.07) is 22.8. The van der Waals surface area contributed by atoms with Crippen molar-refractivity contribution < 1.29 is 8.42 Å². The number of nitrogens with one attached hydrogen (secondary N) is 2. The molecule has 0 radical (unpaired) electrons. The molecule has 2 N–H and O–H groups in total. The Morgan fingerprint density at radius 2 is 1.70 bits per heavy atom. The molecule has 3 atom stereocenters. The van der Waals surface area contributed by atoms with Crippen molar-refractivity contribution in [3.05, 3.63) is 101 Å². The predicted molar refractivity (Wildman–Crippen MR) is 124 cm³/mol. The molecule has 0 amide bonds. The van der Waals surface area contributed by atoms with E-state index in [2.05, 4.69) is 56.3 Å². The lowest BCUT2D eigenvalue weighted by Crippen LogP contribution is -2.29. The van der Waals surface area contributed by atoms with Crippen LogP contribution < -0.4 is 10.0 Å². The Kier molecular flexibility index (Phi) is 4.91. The Labute approximate surface area is 185 Å². The van der Waals surface area contributed by atoms with Crippen molar-refractivity contribution in [3.63, 3.8) is 0 Å². The number of hydrogen-bond acceptors (Lipinski definition) is 3. The lowest BCUT2D eigenvalue weighted by Gasteiger charge is -2.38. The van der Waals surface area contributed by atoms with Gasteiger partial charge < -0.3 is 5.32 Å². The van der Waals surface area contributed by atoms with E-state index < -0.39 is 10.0 Å². The Bertz CT molecular complexity index is 1220. The number of sulfonamides is 1. The predicted octanol–water partition coefficient (Wildman–Crippen LogP) is 6.08. The molecule has 1 aliphatic heterocycles. The molecule has 1 aliphatic carbocycles. The summed E-state index contributed by atoms with van der Waals surface area (Å²) in [5.41, 5.74) is 3.81. The number of fused-ring (bicyclic) bond motifs is 3. The molecule has 5 rings (SSSR count). The fraction of sp³-hybridized carbons (Fsp3) is 0.167. The normalized spacial score (nSPS) is 22.1. The second-order valence-corrected chi connectivity index (χ2v) is 10.3. The molecule has 0 aromatic heterocycles. The molecule has 3 aromatic rings. The summed E-state index contributed by atoms with van der Waals surface area (Å²) in [5.74, 6) is 0.529. The first-order chi connectivity index (χ1) is 14.5. The second-order valence-electron chi connectivity index (χ2n) is 7.72. The van der Waals surface area contributed by atoms with Crippen LogP contribution in [0, 0.1) is 5.92 Å². The highest BCUT2D eigenvalue weighted by atomic mass is 79.9. The van der Waals surface area contributed by atoms with Crippen LogP contribution in [0.5, 0.6) is 0 Å². The van der Waals surface area contributed by atoms with E-state index in [-0.39, 0.29) is 16.9 Å². The topological polar surface area (TPSA) is 58.2 Å². The van der Waals surface area contributed by atoms with Gasteiger partial charge in [-0.05, 0) is 59.9 Å². The Morgan fingerprint density at radius 1 is 0.933 bits per heavy atom. The number of halogens is 1. The summed E-state index contributed by atoms with van der Waals surface area (Å²) in [7, 11) is -3.66. The molecule has 0 fully saturated rings. The molecule has 152 valence electrons. The SMILES string of the molecule is O=S(=O)(Nc1ccccc1)c1ccc2c(c1)[C@H]1C=CC[C@H]1[C@@H](c1ccccc1Br)N2. The summed E-state index contributed by atoms with van der Waals surface area (Å²) in [6.07, 6.45) is 5.39. The number of para-hydroxylation sites is 1. The van der Waals surface area contributed by atoms with E-state index in [1.165, 1.54) is 5.56 Å². The number of rotatable bonds is 4. The van der Waals surface area contributed by atoms with Gasteiger partial charge >= 0.3 is 0 Å². The zero-order valence-electron chi connectivity index (χ0n) is 16.1. The van der Waals surface area contributed by atoms with Crippen LogP contribution in [0.15, 0.2) is 94.3 Å². The second kappa shape index (κ2) is 7.60. The zero-order chi connectivity index (χ0) is 20.7. The van der Waals surface area contributed by atoms with Crippen LogP contribution in [0.1, 0.15) is 29.5 Å². The van der Waals surface area contributed by atoms with Crippen LogP contribution in [0.25, 0.3) is 0 Å². The average Bonchev–Trinajstić information content (AvgIpc) is 3.24. The first kappa shape index (κ1) is 19.4. The highest BCUT2D eigenvalue weighted by molar-refractivity contribution is 9.10. The third-order valence-corrected chi connectivity index (χ3v) is 8.01. The molecule has 6 heteroatoms. The summed E-state index contributed by atoms with van der Waals surface area (Å²) in [5, 5.41) is 3.67. The monoisotopic (exact) mass is 480 g/mol. The Hall–Kier alpha value is -2.57. The molecule has 30 heavy (non-hydrogen) atoms. The minimum atomic E-state index is -3.66. The van der Waals surface area contributed by atoms with E-state index >= 15 is 0 Å². The number of hydrogen-bond donors (Lipinski definition) is 2. The largest absolute Gasteiger partial charge is 0.378 e. The smallest absolute Gasteiger partial charge is 0.261 e. The van der Waals surface area contributed by atoms with Crippen LogP contribution in [-0.2, 0) is 10.0 Å². The molecule has 0 spiro atoms. The summed E-state index contributed by atoms with van der Waals surface area (Å²) >= 11 is 3.69. The van der Waals surface area contributed by atoms with Crippen molar-refractivity contribution in [2.45, 2.75) is 23.3 Å². The number of allylic oxidation sites excluding steroid dienone is 2. The maximum absolute atomic E-state index is 13.0. The van der Waals surface area contributed by atoms with E-state index in [9.17, 15) is 8.42 Å². The van der Waals surface area contributed by atoms with Crippen molar-refractivity contribution in [2.75, 3.05) is 10.0 Å². The summed E-state index contributed by atoms with van der Waals surface area (Å²) in [6.45, 7) is 0. The van der Waals surface area contributed by atoms with Crippen LogP contribution in [0.4, 0.5) is 11.4 Å². The molecular weight excluding hydrogens is 460 g/mol. The number of anilines is 2. The van der Waals surface area contributed by atoms with Crippen LogP contribution in [-0.4, -0.2) is 8.42 Å². The maximum Gasteiger partial charge on any atom is 0.261 e. The summed E-state index contributed by atoms with van der Waals surface area (Å²) in [4.78, 5) is 0.283. The van der Waals surface area contributed by atoms with Gasteiger partial charge in [-0.3, -0.25) is 4.72 Å². The van der Waals surface area contributed by atoms with E-state index in [4.69, 9.17) is 0 Å². The van der Waals surface area contributed by atoms with Gasteiger partial charge in [0.2, 0.25) is 0 Å². The van der Waals surface area contributed by atoms with Crippen molar-refractivity contribution in [1.82, 2.24) is 0 Å². The Balaban J connectivity index is 1.52. The van der Waals surface area contributed by atoms with Gasteiger partial charge in [0.05, 0.1) is 10.9 Å². The third-order valence-electron chi connectivity index (χ3n) is 5.91. The summed E-state index contributed by atoms with van der Waals surface area (Å²) < 4.78 is 29.7. The molecule has 4 nitrogen and oxygen atoms in total. The fourth-order valence-corrected chi connectivity index (χ4v) is 6.12. The van der Waals surface area contributed by atoms with Gasteiger partial charge in [0, 0.05) is 21.8 Å². The minimum Gasteiger partial charge on any atom is -0.378 e. The highest BCUT2D eigenvalue weighted by Gasteiger charge is 2.39. The van der Waals surface area contributed by atoms with Crippen molar-refractivity contribution in [3.8, 4) is 0 Å². The van der Waals surface area contributed by atoms with Crippen LogP contribution in [0.3, 0.4) is 0 Å². The molecule has 0 saturated heterocycles. The zero-order valence-corrected chi connectivity index (χ0v) is 18.5. The van der Waals surface area contributed by atoms with Crippen molar-refractivity contribution >= 4 is 37.3 Å². The molecule has 3 aromatic carbocycles. The van der Waals surface area contributed by atoms with Gasteiger partial charge in [-0.15, -0.1) is 0 Å². The van der Waals surface area contributed by atoms with Gasteiger partial charge in [0.1, 0.15) is 0 Å². The van der Waals surface area contributed by atoms with Gasteiger partial charge in [0.25, 0.3) is 10.0 Å².